The minimum atomic E-state index is -0.671. The molecule has 0 rings (SSSR count). The number of hydrogen-bond acceptors (Lipinski definition) is 2. The first-order valence-corrected chi connectivity index (χ1v) is 7.31. The Balaban J connectivity index is 4.26. The molecule has 15 heavy (non-hydrogen) atoms. The van der Waals surface area contributed by atoms with Crippen molar-refractivity contribution in [2.45, 2.75) is 37.4 Å². The second kappa shape index (κ2) is 7.28. The maximum atomic E-state index is 9.78. The first kappa shape index (κ1) is 15.9. The van der Waals surface area contributed by atoms with Crippen LogP contribution in [0.4, 0.5) is 0 Å². The van der Waals surface area contributed by atoms with E-state index in [0.717, 1.165) is 5.57 Å². The fourth-order valence-corrected chi connectivity index (χ4v) is 1.86. The van der Waals surface area contributed by atoms with Gasteiger partial charge in [0, 0.05) is 10.7 Å². The number of rotatable bonds is 6. The molecule has 0 fully saturated rings. The number of aliphatic hydroxyl groups excluding tert-OH is 2. The van der Waals surface area contributed by atoms with Crippen molar-refractivity contribution in [2.24, 2.45) is 0 Å². The fourth-order valence-electron chi connectivity index (χ4n) is 0.890. The maximum Gasteiger partial charge on any atom is 0.0844 e. The molecule has 0 amide bonds. The molecule has 0 saturated heterocycles. The molecule has 0 aromatic heterocycles. The van der Waals surface area contributed by atoms with E-state index >= 15 is 0 Å². The van der Waals surface area contributed by atoms with Crippen LogP contribution in [-0.2, 0) is 0 Å². The van der Waals surface area contributed by atoms with E-state index < -0.39 is 17.1 Å². The highest BCUT2D eigenvalue weighted by Gasteiger charge is 2.28. The molecule has 2 nitrogen and oxygen atoms in total. The Morgan fingerprint density at radius 1 is 1.47 bits per heavy atom. The number of alkyl halides is 3. The van der Waals surface area contributed by atoms with Gasteiger partial charge in [0.15, 0.2) is 0 Å². The van der Waals surface area contributed by atoms with Crippen LogP contribution in [0.5, 0.6) is 0 Å². The van der Waals surface area contributed by atoms with Crippen LogP contribution < -0.4 is 0 Å². The highest BCUT2D eigenvalue weighted by Crippen LogP contribution is 2.24. The predicted molar refractivity (Wildman–Crippen MR) is 72.2 cm³/mol. The van der Waals surface area contributed by atoms with Gasteiger partial charge in [-0.3, -0.25) is 0 Å². The first-order valence-electron chi connectivity index (χ1n) is 4.68. The van der Waals surface area contributed by atoms with Gasteiger partial charge < -0.3 is 10.2 Å². The molecule has 0 heterocycles. The quantitative estimate of drug-likeness (QED) is 0.562. The van der Waals surface area contributed by atoms with Crippen molar-refractivity contribution in [1.82, 2.24) is 0 Å². The normalized spacial score (nSPS) is 20.9. The molecule has 90 valence electrons. The lowest BCUT2D eigenvalue weighted by atomic mass is 10.0. The Morgan fingerprint density at radius 3 is 2.40 bits per heavy atom. The fraction of sp³-hybridized carbons (Fsp3) is 0.800. The highest BCUT2D eigenvalue weighted by atomic mass is 79.9. The summed E-state index contributed by atoms with van der Waals surface area (Å²) in [5.74, 6) is 0. The summed E-state index contributed by atoms with van der Waals surface area (Å²) in [5, 5.41) is 20.3. The van der Waals surface area contributed by atoms with Crippen LogP contribution in [-0.4, -0.2) is 38.0 Å². The van der Waals surface area contributed by atoms with E-state index in [9.17, 15) is 10.2 Å². The van der Waals surface area contributed by atoms with Gasteiger partial charge in [0.2, 0.25) is 0 Å². The molecule has 1 unspecified atom stereocenters. The summed E-state index contributed by atoms with van der Waals surface area (Å²) >= 11 is 12.5. The molecule has 0 bridgehead atoms. The summed E-state index contributed by atoms with van der Waals surface area (Å²) in [5.41, 5.74) is 0.841. The Hall–Kier alpha value is 0.910. The zero-order valence-electron chi connectivity index (χ0n) is 8.88. The Morgan fingerprint density at radius 2 is 2.00 bits per heavy atom. The summed E-state index contributed by atoms with van der Waals surface area (Å²) in [6.07, 6.45) is 1.14. The highest BCUT2D eigenvalue weighted by molar-refractivity contribution is 9.09. The summed E-state index contributed by atoms with van der Waals surface area (Å²) < 4.78 is 0. The average molecular weight is 365 g/mol. The van der Waals surface area contributed by atoms with Gasteiger partial charge in [-0.05, 0) is 25.8 Å². The van der Waals surface area contributed by atoms with Gasteiger partial charge in [0.1, 0.15) is 0 Å². The zero-order valence-corrected chi connectivity index (χ0v) is 12.8. The first-order chi connectivity index (χ1) is 6.85. The topological polar surface area (TPSA) is 40.5 Å². The standard InChI is InChI=1S/C10H17Br2ClO2/c1-7(8(14)5-11)3-4-9(15)10(2,13)6-12/h3,8-9,14-15H,4-6H2,1-2H3/b7-3+/t8?,9-,10-/m1/s1. The third-order valence-corrected chi connectivity index (χ3v) is 4.78. The second-order valence-corrected chi connectivity index (χ2v) is 5.85. The molecule has 0 radical (unpaired) electrons. The van der Waals surface area contributed by atoms with Gasteiger partial charge in [-0.1, -0.05) is 37.9 Å². The Kier molecular flexibility index (Phi) is 7.72. The van der Waals surface area contributed by atoms with Crippen LogP contribution in [0.15, 0.2) is 11.6 Å². The van der Waals surface area contributed by atoms with Crippen molar-refractivity contribution in [3.8, 4) is 0 Å². The van der Waals surface area contributed by atoms with Crippen molar-refractivity contribution in [2.75, 3.05) is 10.7 Å². The summed E-state index contributed by atoms with van der Waals surface area (Å²) in [6.45, 7) is 3.61. The molecular formula is C10H17Br2ClO2. The molecule has 0 spiro atoms. The Bertz CT molecular complexity index is 219. The maximum absolute atomic E-state index is 9.78. The van der Waals surface area contributed by atoms with E-state index in [1.807, 2.05) is 13.0 Å². The number of halogens is 3. The molecule has 0 aliphatic carbocycles. The van der Waals surface area contributed by atoms with Crippen molar-refractivity contribution in [3.05, 3.63) is 11.6 Å². The molecule has 0 saturated carbocycles. The minimum absolute atomic E-state index is 0.446. The smallest absolute Gasteiger partial charge is 0.0844 e. The van der Waals surface area contributed by atoms with Gasteiger partial charge >= 0.3 is 0 Å². The van der Waals surface area contributed by atoms with E-state index in [2.05, 4.69) is 31.9 Å². The van der Waals surface area contributed by atoms with E-state index in [-0.39, 0.29) is 0 Å². The van der Waals surface area contributed by atoms with Gasteiger partial charge in [0.05, 0.1) is 17.1 Å². The summed E-state index contributed by atoms with van der Waals surface area (Å²) in [4.78, 5) is -0.671. The predicted octanol–water partition coefficient (Wildman–Crippen LogP) is 2.83. The van der Waals surface area contributed by atoms with Crippen molar-refractivity contribution in [3.63, 3.8) is 0 Å². The van der Waals surface area contributed by atoms with E-state index in [4.69, 9.17) is 11.6 Å². The molecule has 5 heteroatoms. The SMILES string of the molecule is C/C(=C\C[C@@H](O)[C@](C)(Cl)CBr)C(O)CBr. The van der Waals surface area contributed by atoms with E-state index in [0.29, 0.717) is 17.1 Å². The molecular weight excluding hydrogens is 347 g/mol. The van der Waals surface area contributed by atoms with Gasteiger partial charge in [-0.2, -0.15) is 0 Å². The van der Waals surface area contributed by atoms with Crippen LogP contribution >= 0.6 is 43.5 Å². The number of hydrogen-bond donors (Lipinski definition) is 2. The monoisotopic (exact) mass is 362 g/mol. The number of aliphatic hydroxyl groups is 2. The third-order valence-electron chi connectivity index (χ3n) is 2.29. The van der Waals surface area contributed by atoms with Gasteiger partial charge in [0.25, 0.3) is 0 Å². The summed E-state index contributed by atoms with van der Waals surface area (Å²) in [7, 11) is 0. The summed E-state index contributed by atoms with van der Waals surface area (Å²) in [6, 6.07) is 0. The zero-order chi connectivity index (χ0) is 12.1. The van der Waals surface area contributed by atoms with Crippen LogP contribution in [0.2, 0.25) is 0 Å². The molecule has 2 N–H and O–H groups in total. The van der Waals surface area contributed by atoms with Crippen LogP contribution in [0.1, 0.15) is 20.3 Å². The molecule has 0 aliphatic heterocycles. The Labute approximate surface area is 113 Å². The van der Waals surface area contributed by atoms with E-state index in [1.54, 1.807) is 6.92 Å². The van der Waals surface area contributed by atoms with Crippen molar-refractivity contribution >= 4 is 43.5 Å². The van der Waals surface area contributed by atoms with Gasteiger partial charge in [-0.15, -0.1) is 11.6 Å². The third kappa shape index (κ3) is 5.68. The lowest BCUT2D eigenvalue weighted by Gasteiger charge is -2.25. The molecule has 3 atom stereocenters. The largest absolute Gasteiger partial charge is 0.391 e. The van der Waals surface area contributed by atoms with Crippen LogP contribution in [0.25, 0.3) is 0 Å². The van der Waals surface area contributed by atoms with Crippen LogP contribution in [0.3, 0.4) is 0 Å². The van der Waals surface area contributed by atoms with Crippen LogP contribution in [0, 0.1) is 0 Å². The van der Waals surface area contributed by atoms with Crippen molar-refractivity contribution in [1.29, 1.82) is 0 Å². The van der Waals surface area contributed by atoms with E-state index in [1.165, 1.54) is 0 Å². The minimum Gasteiger partial charge on any atom is -0.391 e. The molecule has 0 aliphatic rings. The lowest BCUT2D eigenvalue weighted by molar-refractivity contribution is 0.143. The second-order valence-electron chi connectivity index (χ2n) is 3.78. The van der Waals surface area contributed by atoms with Gasteiger partial charge in [-0.25, -0.2) is 0 Å². The molecule has 0 aromatic rings. The molecule has 0 aromatic carbocycles. The average Bonchev–Trinajstić information content (AvgIpc) is 2.23. The van der Waals surface area contributed by atoms with Crippen molar-refractivity contribution < 1.29 is 10.2 Å². The lowest BCUT2D eigenvalue weighted by Crippen LogP contribution is -2.35.